The van der Waals surface area contributed by atoms with Crippen molar-refractivity contribution in [2.24, 2.45) is 10.9 Å². The molecular formula is C24H32N2O5S. The Hall–Kier alpha value is -2.48. The van der Waals surface area contributed by atoms with Gasteiger partial charge in [-0.3, -0.25) is 9.69 Å². The third-order valence-corrected chi connectivity index (χ3v) is 6.12. The standard InChI is InChI=1S/C24H32N2O5S/c1-7-11-30-18-10-9-17(12-19(18)29-8-2)21-20(23(28)31-13-14(3)4)15(5)25-24-26(21)22(27)16(6)32-24/h9-10,12,14,16,21H,7-8,11,13H2,1-6H3. The number of aliphatic imine (C=N–C) groups is 1. The van der Waals surface area contributed by atoms with Gasteiger partial charge in [-0.05, 0) is 50.8 Å². The maximum Gasteiger partial charge on any atom is 0.338 e. The van der Waals surface area contributed by atoms with Crippen LogP contribution in [0.25, 0.3) is 0 Å². The molecule has 32 heavy (non-hydrogen) atoms. The summed E-state index contributed by atoms with van der Waals surface area (Å²) in [5, 5.41) is 0.336. The van der Waals surface area contributed by atoms with Crippen molar-refractivity contribution in [3.8, 4) is 11.5 Å². The Balaban J connectivity index is 2.08. The number of carbonyl (C=O) groups is 2. The number of carbonyl (C=O) groups excluding carboxylic acids is 2. The first-order valence-corrected chi connectivity index (χ1v) is 12.0. The van der Waals surface area contributed by atoms with E-state index in [1.165, 1.54) is 11.8 Å². The number of hydrogen-bond donors (Lipinski definition) is 0. The van der Waals surface area contributed by atoms with Gasteiger partial charge in [-0.1, -0.05) is 38.6 Å². The normalized spacial score (nSPS) is 20.4. The van der Waals surface area contributed by atoms with E-state index in [2.05, 4.69) is 4.99 Å². The van der Waals surface area contributed by atoms with Crippen LogP contribution in [0.1, 0.15) is 59.6 Å². The Kier molecular flexibility index (Phi) is 7.87. The van der Waals surface area contributed by atoms with Crippen LogP contribution in [-0.2, 0) is 14.3 Å². The highest BCUT2D eigenvalue weighted by Crippen LogP contribution is 2.45. The molecule has 0 spiro atoms. The number of ether oxygens (including phenoxy) is 3. The van der Waals surface area contributed by atoms with Crippen molar-refractivity contribution in [2.75, 3.05) is 19.8 Å². The van der Waals surface area contributed by atoms with Gasteiger partial charge in [-0.15, -0.1) is 0 Å². The summed E-state index contributed by atoms with van der Waals surface area (Å²) < 4.78 is 17.2. The first-order valence-electron chi connectivity index (χ1n) is 11.1. The zero-order valence-electron chi connectivity index (χ0n) is 19.6. The molecule has 1 amide bonds. The SMILES string of the molecule is CCCOc1ccc(C2C(C(=O)OCC(C)C)=C(C)N=C3SC(C)C(=O)N32)cc1OCC. The second-order valence-corrected chi connectivity index (χ2v) is 9.55. The van der Waals surface area contributed by atoms with Gasteiger partial charge in [0, 0.05) is 0 Å². The number of thioether (sulfide) groups is 1. The van der Waals surface area contributed by atoms with Gasteiger partial charge in [-0.25, -0.2) is 9.79 Å². The summed E-state index contributed by atoms with van der Waals surface area (Å²) in [7, 11) is 0. The molecule has 1 aromatic carbocycles. The third kappa shape index (κ3) is 4.95. The van der Waals surface area contributed by atoms with Gasteiger partial charge in [0.05, 0.1) is 42.4 Å². The Morgan fingerprint density at radius 2 is 1.97 bits per heavy atom. The lowest BCUT2D eigenvalue weighted by Gasteiger charge is -2.33. The molecule has 2 aliphatic heterocycles. The maximum absolute atomic E-state index is 13.1. The highest BCUT2D eigenvalue weighted by Gasteiger charge is 2.46. The summed E-state index contributed by atoms with van der Waals surface area (Å²) in [5.41, 5.74) is 1.69. The summed E-state index contributed by atoms with van der Waals surface area (Å²) in [6, 6.07) is 4.94. The third-order valence-electron chi connectivity index (χ3n) is 5.07. The molecule has 1 fully saturated rings. The van der Waals surface area contributed by atoms with E-state index in [4.69, 9.17) is 14.2 Å². The van der Waals surface area contributed by atoms with Crippen LogP contribution in [0.4, 0.5) is 0 Å². The minimum absolute atomic E-state index is 0.0790. The summed E-state index contributed by atoms with van der Waals surface area (Å²) in [5.74, 6) is 0.893. The van der Waals surface area contributed by atoms with Crippen molar-refractivity contribution in [2.45, 2.75) is 59.3 Å². The van der Waals surface area contributed by atoms with Crippen molar-refractivity contribution in [1.29, 1.82) is 0 Å². The number of amides is 1. The van der Waals surface area contributed by atoms with Gasteiger partial charge in [0.15, 0.2) is 16.7 Å². The first-order chi connectivity index (χ1) is 15.3. The van der Waals surface area contributed by atoms with E-state index in [1.807, 2.05) is 52.8 Å². The number of nitrogens with zero attached hydrogens (tertiary/aromatic N) is 2. The van der Waals surface area contributed by atoms with E-state index in [0.29, 0.717) is 47.8 Å². The topological polar surface area (TPSA) is 77.4 Å². The molecule has 2 aliphatic rings. The average Bonchev–Trinajstić information content (AvgIpc) is 3.03. The monoisotopic (exact) mass is 460 g/mol. The Labute approximate surface area is 194 Å². The van der Waals surface area contributed by atoms with Gasteiger partial charge < -0.3 is 14.2 Å². The fourth-order valence-electron chi connectivity index (χ4n) is 3.59. The Morgan fingerprint density at radius 3 is 2.62 bits per heavy atom. The molecular weight excluding hydrogens is 428 g/mol. The summed E-state index contributed by atoms with van der Waals surface area (Å²) in [6.07, 6.45) is 0.876. The predicted molar refractivity (Wildman–Crippen MR) is 126 cm³/mol. The maximum atomic E-state index is 13.1. The molecule has 0 saturated carbocycles. The number of hydrogen-bond acceptors (Lipinski definition) is 7. The van der Waals surface area contributed by atoms with Gasteiger partial charge in [-0.2, -0.15) is 0 Å². The molecule has 0 N–H and O–H groups in total. The summed E-state index contributed by atoms with van der Waals surface area (Å²) >= 11 is 1.40. The van der Waals surface area contributed by atoms with Crippen LogP contribution in [0.2, 0.25) is 0 Å². The predicted octanol–water partition coefficient (Wildman–Crippen LogP) is 4.72. The Morgan fingerprint density at radius 1 is 1.22 bits per heavy atom. The average molecular weight is 461 g/mol. The molecule has 2 unspecified atom stereocenters. The molecule has 2 atom stereocenters. The van der Waals surface area contributed by atoms with E-state index in [-0.39, 0.29) is 17.1 Å². The second kappa shape index (κ2) is 10.4. The van der Waals surface area contributed by atoms with E-state index < -0.39 is 12.0 Å². The molecule has 1 saturated heterocycles. The quantitative estimate of drug-likeness (QED) is 0.496. The lowest BCUT2D eigenvalue weighted by Crippen LogP contribution is -2.40. The fraction of sp³-hybridized carbons (Fsp3) is 0.542. The minimum Gasteiger partial charge on any atom is -0.490 e. The number of benzene rings is 1. The Bertz CT molecular complexity index is 940. The summed E-state index contributed by atoms with van der Waals surface area (Å²) in [6.45, 7) is 12.9. The number of fused-ring (bicyclic) bond motifs is 1. The second-order valence-electron chi connectivity index (χ2n) is 8.24. The summed E-state index contributed by atoms with van der Waals surface area (Å²) in [4.78, 5) is 32.4. The van der Waals surface area contributed by atoms with Crippen LogP contribution < -0.4 is 9.47 Å². The molecule has 3 rings (SSSR count). The van der Waals surface area contributed by atoms with E-state index in [9.17, 15) is 9.59 Å². The molecule has 0 bridgehead atoms. The smallest absolute Gasteiger partial charge is 0.338 e. The van der Waals surface area contributed by atoms with Crippen LogP contribution in [0.15, 0.2) is 34.5 Å². The van der Waals surface area contributed by atoms with E-state index in [0.717, 1.165) is 12.0 Å². The molecule has 8 heteroatoms. The van der Waals surface area contributed by atoms with E-state index >= 15 is 0 Å². The minimum atomic E-state index is -0.633. The van der Waals surface area contributed by atoms with Crippen LogP contribution in [0.5, 0.6) is 11.5 Å². The van der Waals surface area contributed by atoms with Crippen molar-refractivity contribution < 1.29 is 23.8 Å². The molecule has 0 radical (unpaired) electrons. The molecule has 0 aliphatic carbocycles. The molecule has 174 valence electrons. The zero-order chi connectivity index (χ0) is 23.4. The van der Waals surface area contributed by atoms with Gasteiger partial charge >= 0.3 is 5.97 Å². The van der Waals surface area contributed by atoms with Crippen LogP contribution >= 0.6 is 11.8 Å². The molecule has 0 aromatic heterocycles. The van der Waals surface area contributed by atoms with Crippen molar-refractivity contribution in [3.63, 3.8) is 0 Å². The molecule has 2 heterocycles. The number of amidine groups is 1. The lowest BCUT2D eigenvalue weighted by atomic mass is 9.94. The number of esters is 1. The fourth-order valence-corrected chi connectivity index (χ4v) is 4.62. The number of allylic oxidation sites excluding steroid dienone is 1. The van der Waals surface area contributed by atoms with Gasteiger partial charge in [0.2, 0.25) is 5.91 Å². The highest BCUT2D eigenvalue weighted by atomic mass is 32.2. The molecule has 7 nitrogen and oxygen atoms in total. The van der Waals surface area contributed by atoms with Crippen molar-refractivity contribution >= 4 is 28.8 Å². The lowest BCUT2D eigenvalue weighted by molar-refractivity contribution is -0.141. The van der Waals surface area contributed by atoms with Crippen LogP contribution in [0.3, 0.4) is 0 Å². The van der Waals surface area contributed by atoms with Crippen molar-refractivity contribution in [3.05, 3.63) is 35.0 Å². The van der Waals surface area contributed by atoms with Crippen LogP contribution in [-0.4, -0.2) is 47.0 Å². The van der Waals surface area contributed by atoms with Crippen molar-refractivity contribution in [1.82, 2.24) is 4.90 Å². The molecule has 1 aromatic rings. The van der Waals surface area contributed by atoms with Gasteiger partial charge in [0.1, 0.15) is 0 Å². The zero-order valence-corrected chi connectivity index (χ0v) is 20.5. The largest absolute Gasteiger partial charge is 0.490 e. The van der Waals surface area contributed by atoms with E-state index in [1.54, 1.807) is 11.8 Å². The van der Waals surface area contributed by atoms with Crippen LogP contribution in [0, 0.1) is 5.92 Å². The number of rotatable bonds is 9. The highest BCUT2D eigenvalue weighted by molar-refractivity contribution is 8.15. The van der Waals surface area contributed by atoms with Gasteiger partial charge in [0.25, 0.3) is 0 Å². The first kappa shape index (κ1) is 24.2.